The van der Waals surface area contributed by atoms with Crippen LogP contribution >= 0.6 is 22.6 Å². The molecule has 1 saturated carbocycles. The van der Waals surface area contributed by atoms with Crippen LogP contribution in [0.4, 0.5) is 20.2 Å². The van der Waals surface area contributed by atoms with E-state index in [0.717, 1.165) is 46.1 Å². The van der Waals surface area contributed by atoms with Gasteiger partial charge in [-0.05, 0) is 95.5 Å². The monoisotopic (exact) mass is 565 g/mol. The Kier molecular flexibility index (Phi) is 6.14. The summed E-state index contributed by atoms with van der Waals surface area (Å²) >= 11 is 2.31. The molecule has 2 aromatic carbocycles. The summed E-state index contributed by atoms with van der Waals surface area (Å²) in [6.07, 6.45) is 5.77. The molecule has 0 aromatic heterocycles. The molecule has 1 N–H and O–H groups in total. The molecule has 1 aliphatic carbocycles. The highest BCUT2D eigenvalue weighted by Gasteiger charge is 2.44. The highest BCUT2D eigenvalue weighted by Crippen LogP contribution is 2.54. The van der Waals surface area contributed by atoms with E-state index < -0.39 is 5.92 Å². The molecule has 1 saturated heterocycles. The standard InChI is InChI=1S/C26H30F2IN3O/c1-25(27,28)17-31-12-7-20-18(16-31)3-2-4-22(20)30-24(33)21-6-5-19(29)15-23(21)32-13-10-26(8-9-26)11-14-32/h2-6,15H,7-14,16-17H2,1H3,(H,30,33). The van der Waals surface area contributed by atoms with E-state index in [1.807, 2.05) is 30.3 Å². The zero-order valence-corrected chi connectivity index (χ0v) is 21.1. The van der Waals surface area contributed by atoms with E-state index in [4.69, 9.17) is 0 Å². The third-order valence-corrected chi connectivity index (χ3v) is 8.09. The predicted molar refractivity (Wildman–Crippen MR) is 136 cm³/mol. The Morgan fingerprint density at radius 2 is 1.88 bits per heavy atom. The normalized spacial score (nSPS) is 19.9. The second-order valence-electron chi connectivity index (χ2n) is 10.1. The number of alkyl halides is 2. The lowest BCUT2D eigenvalue weighted by atomic mass is 9.93. The lowest BCUT2D eigenvalue weighted by molar-refractivity contribution is -0.0178. The molecule has 4 nitrogen and oxygen atoms in total. The number of fused-ring (bicyclic) bond motifs is 1. The number of rotatable bonds is 5. The van der Waals surface area contributed by atoms with Crippen LogP contribution in [0.15, 0.2) is 36.4 Å². The van der Waals surface area contributed by atoms with Crippen molar-refractivity contribution in [2.24, 2.45) is 5.41 Å². The smallest absolute Gasteiger partial charge is 0.257 e. The Bertz CT molecular complexity index is 1050. The lowest BCUT2D eigenvalue weighted by Gasteiger charge is -2.35. The first-order valence-corrected chi connectivity index (χ1v) is 12.9. The average Bonchev–Trinajstić information content (AvgIpc) is 3.52. The predicted octanol–water partition coefficient (Wildman–Crippen LogP) is 5.94. The minimum absolute atomic E-state index is 0.107. The van der Waals surface area contributed by atoms with E-state index in [1.165, 1.54) is 25.7 Å². The van der Waals surface area contributed by atoms with Crippen molar-refractivity contribution in [1.82, 2.24) is 4.90 Å². The molecule has 3 aliphatic rings. The van der Waals surface area contributed by atoms with Gasteiger partial charge in [0.15, 0.2) is 0 Å². The van der Waals surface area contributed by atoms with Crippen LogP contribution < -0.4 is 10.2 Å². The molecule has 0 radical (unpaired) electrons. The van der Waals surface area contributed by atoms with Crippen molar-refractivity contribution in [2.45, 2.75) is 51.5 Å². The van der Waals surface area contributed by atoms with Gasteiger partial charge in [0.1, 0.15) is 0 Å². The molecular formula is C26H30F2IN3O. The Morgan fingerprint density at radius 3 is 2.58 bits per heavy atom. The molecule has 1 amide bonds. The molecule has 5 rings (SSSR count). The first kappa shape index (κ1) is 23.0. The van der Waals surface area contributed by atoms with E-state index in [0.29, 0.717) is 30.5 Å². The van der Waals surface area contributed by atoms with E-state index in [2.05, 4.69) is 38.9 Å². The molecule has 33 heavy (non-hydrogen) atoms. The Morgan fingerprint density at radius 1 is 1.12 bits per heavy atom. The summed E-state index contributed by atoms with van der Waals surface area (Å²) in [7, 11) is 0. The fraction of sp³-hybridized carbons (Fsp3) is 0.500. The number of hydrogen-bond donors (Lipinski definition) is 1. The topological polar surface area (TPSA) is 35.6 Å². The maximum Gasteiger partial charge on any atom is 0.257 e. The number of halogens is 3. The molecule has 0 atom stereocenters. The van der Waals surface area contributed by atoms with Gasteiger partial charge in [-0.1, -0.05) is 12.1 Å². The number of carbonyl (C=O) groups excluding carboxylic acids is 1. The number of benzene rings is 2. The average molecular weight is 565 g/mol. The van der Waals surface area contributed by atoms with Crippen LogP contribution in [-0.4, -0.2) is 42.9 Å². The zero-order valence-electron chi connectivity index (χ0n) is 19.0. The van der Waals surface area contributed by atoms with Gasteiger partial charge in [-0.3, -0.25) is 9.69 Å². The van der Waals surface area contributed by atoms with Gasteiger partial charge in [0.25, 0.3) is 11.8 Å². The van der Waals surface area contributed by atoms with Crippen LogP contribution in [0.25, 0.3) is 0 Å². The number of anilines is 2. The minimum atomic E-state index is -2.71. The van der Waals surface area contributed by atoms with Gasteiger partial charge in [-0.25, -0.2) is 8.78 Å². The zero-order chi connectivity index (χ0) is 23.2. The minimum Gasteiger partial charge on any atom is -0.371 e. The molecule has 2 aliphatic heterocycles. The van der Waals surface area contributed by atoms with Crippen molar-refractivity contribution in [3.05, 3.63) is 56.7 Å². The fourth-order valence-electron chi connectivity index (χ4n) is 5.36. The van der Waals surface area contributed by atoms with Crippen LogP contribution in [0.5, 0.6) is 0 Å². The Labute approximate surface area is 207 Å². The highest BCUT2D eigenvalue weighted by atomic mass is 127. The van der Waals surface area contributed by atoms with Crippen LogP contribution in [0.2, 0.25) is 0 Å². The van der Waals surface area contributed by atoms with Gasteiger partial charge in [0, 0.05) is 42.4 Å². The third kappa shape index (κ3) is 5.19. The molecule has 0 unspecified atom stereocenters. The van der Waals surface area contributed by atoms with Crippen LogP contribution in [0, 0.1) is 8.99 Å². The van der Waals surface area contributed by atoms with Crippen molar-refractivity contribution in [2.75, 3.05) is 36.4 Å². The molecule has 0 bridgehead atoms. The lowest BCUT2D eigenvalue weighted by Crippen LogP contribution is -2.38. The van der Waals surface area contributed by atoms with E-state index in [-0.39, 0.29) is 12.5 Å². The van der Waals surface area contributed by atoms with Crippen LogP contribution in [0.3, 0.4) is 0 Å². The summed E-state index contributed by atoms with van der Waals surface area (Å²) in [4.78, 5) is 17.6. The summed E-state index contributed by atoms with van der Waals surface area (Å²) in [5.41, 5.74) is 5.15. The summed E-state index contributed by atoms with van der Waals surface area (Å²) in [6.45, 7) is 3.76. The van der Waals surface area contributed by atoms with Crippen molar-refractivity contribution < 1.29 is 13.6 Å². The maximum atomic E-state index is 13.5. The molecule has 2 fully saturated rings. The van der Waals surface area contributed by atoms with Crippen LogP contribution in [-0.2, 0) is 13.0 Å². The Balaban J connectivity index is 1.34. The number of nitrogens with zero attached hydrogens (tertiary/aromatic N) is 2. The highest BCUT2D eigenvalue weighted by molar-refractivity contribution is 14.1. The summed E-state index contributed by atoms with van der Waals surface area (Å²) in [6, 6.07) is 11.8. The quantitative estimate of drug-likeness (QED) is 0.457. The fourth-order valence-corrected chi connectivity index (χ4v) is 5.83. The Hall–Kier alpha value is -1.74. The van der Waals surface area contributed by atoms with Crippen molar-refractivity contribution in [1.29, 1.82) is 0 Å². The van der Waals surface area contributed by atoms with Gasteiger partial charge in [-0.15, -0.1) is 0 Å². The van der Waals surface area contributed by atoms with Gasteiger partial charge >= 0.3 is 0 Å². The van der Waals surface area contributed by atoms with Gasteiger partial charge < -0.3 is 10.2 Å². The van der Waals surface area contributed by atoms with Crippen molar-refractivity contribution >= 4 is 39.9 Å². The second-order valence-corrected chi connectivity index (χ2v) is 11.3. The molecule has 2 aromatic rings. The first-order chi connectivity index (χ1) is 15.7. The van der Waals surface area contributed by atoms with Gasteiger partial charge in [-0.2, -0.15) is 0 Å². The SMILES string of the molecule is CC(F)(F)CN1CCc2c(cccc2NC(=O)c2ccc(I)cc2N2CCC3(CC2)CC3)C1. The summed E-state index contributed by atoms with van der Waals surface area (Å²) in [5, 5.41) is 3.14. The van der Waals surface area contributed by atoms with Gasteiger partial charge in [0.05, 0.1) is 17.8 Å². The molecule has 176 valence electrons. The molecular weight excluding hydrogens is 535 g/mol. The first-order valence-electron chi connectivity index (χ1n) is 11.8. The summed E-state index contributed by atoms with van der Waals surface area (Å²) in [5.74, 6) is -2.82. The van der Waals surface area contributed by atoms with E-state index in [1.54, 1.807) is 4.90 Å². The van der Waals surface area contributed by atoms with E-state index >= 15 is 0 Å². The third-order valence-electron chi connectivity index (χ3n) is 7.42. The molecule has 1 spiro atoms. The van der Waals surface area contributed by atoms with E-state index in [9.17, 15) is 13.6 Å². The number of carbonyl (C=O) groups is 1. The van der Waals surface area contributed by atoms with Gasteiger partial charge in [0.2, 0.25) is 0 Å². The molecule has 2 heterocycles. The number of nitrogens with one attached hydrogen (secondary N) is 1. The maximum absolute atomic E-state index is 13.5. The number of hydrogen-bond acceptors (Lipinski definition) is 3. The number of piperidine rings is 1. The van der Waals surface area contributed by atoms with Crippen LogP contribution in [0.1, 0.15) is 54.1 Å². The second kappa shape index (κ2) is 8.80. The largest absolute Gasteiger partial charge is 0.371 e. The molecule has 7 heteroatoms. The van der Waals surface area contributed by atoms with Crippen molar-refractivity contribution in [3.8, 4) is 0 Å². The number of amides is 1. The summed E-state index contributed by atoms with van der Waals surface area (Å²) < 4.78 is 28.1. The van der Waals surface area contributed by atoms with Crippen molar-refractivity contribution in [3.63, 3.8) is 0 Å².